The predicted octanol–water partition coefficient (Wildman–Crippen LogP) is 1.50. The van der Waals surface area contributed by atoms with E-state index in [0.29, 0.717) is 20.0 Å². The molecule has 0 spiro atoms. The number of ketones is 1. The number of hydrogen-bond acceptors (Lipinski definition) is 6. The van der Waals surface area contributed by atoms with Gasteiger partial charge in [0.25, 0.3) is 5.78 Å². The van der Waals surface area contributed by atoms with Crippen molar-refractivity contribution in [2.45, 2.75) is 37.4 Å². The lowest BCUT2D eigenvalue weighted by atomic mass is 10.0. The summed E-state index contributed by atoms with van der Waals surface area (Å²) in [4.78, 5) is 34.7. The third kappa shape index (κ3) is 4.42. The fourth-order valence-electron chi connectivity index (χ4n) is 1.64. The highest BCUT2D eigenvalue weighted by Gasteiger charge is 2.64. The van der Waals surface area contributed by atoms with Gasteiger partial charge in [-0.15, -0.1) is 0 Å². The van der Waals surface area contributed by atoms with Crippen LogP contribution >= 0.6 is 0 Å². The first-order valence-corrected chi connectivity index (χ1v) is 6.59. The van der Waals surface area contributed by atoms with Crippen LogP contribution in [0.2, 0.25) is 0 Å². The van der Waals surface area contributed by atoms with Gasteiger partial charge in [0.1, 0.15) is 5.57 Å². The molecule has 0 atom stereocenters. The van der Waals surface area contributed by atoms with Crippen LogP contribution < -0.4 is 5.32 Å². The Morgan fingerprint density at radius 3 is 1.96 bits per heavy atom. The molecular formula is C13H14F5NO5. The molecule has 1 saturated carbocycles. The highest BCUT2D eigenvalue weighted by Crippen LogP contribution is 2.38. The van der Waals surface area contributed by atoms with Crippen molar-refractivity contribution in [1.82, 2.24) is 5.32 Å². The molecule has 0 bridgehead atoms. The van der Waals surface area contributed by atoms with Gasteiger partial charge in [0.15, 0.2) is 0 Å². The number of rotatable bonds is 7. The second-order valence-corrected chi connectivity index (χ2v) is 4.92. The number of halogens is 5. The highest BCUT2D eigenvalue weighted by atomic mass is 19.4. The molecule has 1 aliphatic carbocycles. The number of hydrogen-bond donors (Lipinski definition) is 1. The molecule has 0 amide bonds. The van der Waals surface area contributed by atoms with Crippen LogP contribution in [0.3, 0.4) is 0 Å². The van der Waals surface area contributed by atoms with Crippen LogP contribution in [0.1, 0.15) is 19.3 Å². The molecule has 0 aromatic rings. The van der Waals surface area contributed by atoms with Crippen molar-refractivity contribution in [3.63, 3.8) is 0 Å². The molecule has 6 nitrogen and oxygen atoms in total. The Morgan fingerprint density at radius 2 is 1.58 bits per heavy atom. The van der Waals surface area contributed by atoms with E-state index < -0.39 is 47.5 Å². The van der Waals surface area contributed by atoms with E-state index in [1.54, 1.807) is 0 Å². The van der Waals surface area contributed by atoms with Crippen LogP contribution in [-0.2, 0) is 23.9 Å². The summed E-state index contributed by atoms with van der Waals surface area (Å²) in [5.74, 6) is -11.4. The van der Waals surface area contributed by atoms with Crippen molar-refractivity contribution in [1.29, 1.82) is 0 Å². The number of carbonyl (C=O) groups is 3. The lowest BCUT2D eigenvalue weighted by molar-refractivity contribution is -0.266. The molecule has 1 rings (SSSR count). The van der Waals surface area contributed by atoms with Crippen molar-refractivity contribution in [2.75, 3.05) is 14.2 Å². The lowest BCUT2D eigenvalue weighted by Crippen LogP contribution is -2.47. The molecule has 0 radical (unpaired) electrons. The highest BCUT2D eigenvalue weighted by molar-refractivity contribution is 6.21. The Hall–Kier alpha value is -2.20. The zero-order chi connectivity index (χ0) is 18.7. The van der Waals surface area contributed by atoms with E-state index in [1.165, 1.54) is 0 Å². The van der Waals surface area contributed by atoms with Gasteiger partial charge in [-0.25, -0.2) is 4.79 Å². The summed E-state index contributed by atoms with van der Waals surface area (Å²) in [6.07, 6.45) is -6.01. The minimum Gasteiger partial charge on any atom is -0.469 e. The fraction of sp³-hybridized carbons (Fsp3) is 0.615. The number of ether oxygens (including phenoxy) is 2. The molecule has 0 heterocycles. The van der Waals surface area contributed by atoms with Crippen molar-refractivity contribution < 1.29 is 45.8 Å². The van der Waals surface area contributed by atoms with E-state index in [-0.39, 0.29) is 6.04 Å². The second-order valence-electron chi connectivity index (χ2n) is 4.92. The largest absolute Gasteiger partial charge is 0.469 e. The molecule has 0 aliphatic heterocycles. The minimum atomic E-state index is -6.21. The van der Waals surface area contributed by atoms with Gasteiger partial charge in [0.2, 0.25) is 0 Å². The van der Waals surface area contributed by atoms with Crippen LogP contribution in [0.25, 0.3) is 0 Å². The maximum atomic E-state index is 13.3. The molecule has 136 valence electrons. The van der Waals surface area contributed by atoms with E-state index in [0.717, 1.165) is 7.11 Å². The van der Waals surface area contributed by atoms with Gasteiger partial charge in [-0.2, -0.15) is 22.0 Å². The number of alkyl halides is 5. The van der Waals surface area contributed by atoms with Crippen molar-refractivity contribution in [3.8, 4) is 0 Å². The number of nitrogens with one attached hydrogen (secondary N) is 1. The average molecular weight is 359 g/mol. The number of methoxy groups -OCH3 is 2. The van der Waals surface area contributed by atoms with Crippen molar-refractivity contribution in [3.05, 3.63) is 11.3 Å². The number of Topliss-reactive ketones (excluding diaryl/α,β-unsaturated/α-hetero) is 1. The first kappa shape index (κ1) is 19.8. The predicted molar refractivity (Wildman–Crippen MR) is 67.8 cm³/mol. The number of carbonyl (C=O) groups excluding carboxylic acids is 3. The maximum Gasteiger partial charge on any atom is 0.461 e. The van der Waals surface area contributed by atoms with E-state index in [2.05, 4.69) is 14.8 Å². The third-order valence-electron chi connectivity index (χ3n) is 3.06. The van der Waals surface area contributed by atoms with Crippen LogP contribution in [0.15, 0.2) is 11.3 Å². The summed E-state index contributed by atoms with van der Waals surface area (Å²) in [5, 5.41) is 2.43. The summed E-state index contributed by atoms with van der Waals surface area (Å²) in [7, 11) is 1.65. The minimum absolute atomic E-state index is 0.350. The number of esters is 2. The van der Waals surface area contributed by atoms with Crippen molar-refractivity contribution in [2.24, 2.45) is 0 Å². The van der Waals surface area contributed by atoms with E-state index in [1.807, 2.05) is 0 Å². The molecule has 0 saturated heterocycles. The first-order chi connectivity index (χ1) is 11.0. The Kier molecular flexibility index (Phi) is 5.90. The van der Waals surface area contributed by atoms with Gasteiger partial charge in [0.05, 0.1) is 20.6 Å². The SMILES string of the molecule is COC(=O)CC(NC1CC1)=C(C(=O)OC)C(=O)C(F)(F)C(F)(F)F. The lowest BCUT2D eigenvalue weighted by Gasteiger charge is -2.21. The summed E-state index contributed by atoms with van der Waals surface area (Å²) < 4.78 is 72.4. The molecule has 0 aromatic carbocycles. The average Bonchev–Trinajstić information content (AvgIpc) is 3.29. The topological polar surface area (TPSA) is 81.7 Å². The van der Waals surface area contributed by atoms with Crippen LogP contribution in [-0.4, -0.2) is 50.1 Å². The van der Waals surface area contributed by atoms with Crippen LogP contribution in [0.4, 0.5) is 22.0 Å². The Bertz CT molecular complexity index is 566. The molecule has 1 fully saturated rings. The van der Waals surface area contributed by atoms with Gasteiger partial charge in [0, 0.05) is 11.7 Å². The van der Waals surface area contributed by atoms with Crippen LogP contribution in [0.5, 0.6) is 0 Å². The molecule has 11 heteroatoms. The van der Waals surface area contributed by atoms with Crippen molar-refractivity contribution >= 4 is 17.7 Å². The summed E-state index contributed by atoms with van der Waals surface area (Å²) >= 11 is 0. The smallest absolute Gasteiger partial charge is 0.461 e. The van der Waals surface area contributed by atoms with Crippen LogP contribution in [0, 0.1) is 0 Å². The monoisotopic (exact) mass is 359 g/mol. The summed E-state index contributed by atoms with van der Waals surface area (Å²) in [5.41, 5.74) is -2.25. The summed E-state index contributed by atoms with van der Waals surface area (Å²) in [6.45, 7) is 0. The van der Waals surface area contributed by atoms with E-state index in [9.17, 15) is 36.3 Å². The van der Waals surface area contributed by atoms with Gasteiger partial charge in [-0.3, -0.25) is 9.59 Å². The van der Waals surface area contributed by atoms with E-state index >= 15 is 0 Å². The maximum absolute atomic E-state index is 13.3. The normalized spacial score (nSPS) is 16.1. The molecule has 0 aromatic heterocycles. The van der Waals surface area contributed by atoms with Gasteiger partial charge < -0.3 is 14.8 Å². The molecule has 24 heavy (non-hydrogen) atoms. The Labute approximate surface area is 133 Å². The first-order valence-electron chi connectivity index (χ1n) is 6.59. The molecule has 1 aliphatic rings. The zero-order valence-corrected chi connectivity index (χ0v) is 12.6. The summed E-state index contributed by atoms with van der Waals surface area (Å²) in [6, 6.07) is -0.350. The molecule has 0 unspecified atom stereocenters. The van der Waals surface area contributed by atoms with Gasteiger partial charge >= 0.3 is 24.0 Å². The molecular weight excluding hydrogens is 345 g/mol. The standard InChI is InChI=1S/C13H14F5NO5/c1-23-8(20)5-7(19-6-3-4-6)9(11(22)24-2)10(21)12(14,15)13(16,17)18/h6,19H,3-5H2,1-2H3. The van der Waals surface area contributed by atoms with E-state index in [4.69, 9.17) is 0 Å². The quantitative estimate of drug-likeness (QED) is 0.244. The third-order valence-corrected chi connectivity index (χ3v) is 3.06. The molecule has 1 N–H and O–H groups in total. The zero-order valence-electron chi connectivity index (χ0n) is 12.6. The Morgan fingerprint density at radius 1 is 1.04 bits per heavy atom. The Balaban J connectivity index is 3.40. The second kappa shape index (κ2) is 7.14. The fourth-order valence-corrected chi connectivity index (χ4v) is 1.64. The van der Waals surface area contributed by atoms with Gasteiger partial charge in [-0.05, 0) is 12.8 Å². The van der Waals surface area contributed by atoms with Gasteiger partial charge in [-0.1, -0.05) is 0 Å².